The highest BCUT2D eigenvalue weighted by Crippen LogP contribution is 2.17. The van der Waals surface area contributed by atoms with Crippen LogP contribution in [0.5, 0.6) is 0 Å². The van der Waals surface area contributed by atoms with Crippen molar-refractivity contribution in [2.75, 3.05) is 26.6 Å². The first-order valence-corrected chi connectivity index (χ1v) is 10.5. The molecule has 150 valence electrons. The molecule has 0 N–H and O–H groups in total. The van der Waals surface area contributed by atoms with Crippen LogP contribution in [0.4, 0.5) is 0 Å². The number of hydrogen-bond acceptors (Lipinski definition) is 4. The van der Waals surface area contributed by atoms with Gasteiger partial charge in [0.15, 0.2) is 12.6 Å². The number of ether oxygens (including phenoxy) is 4. The number of hydrogen-bond donors (Lipinski definition) is 0. The van der Waals surface area contributed by atoms with Crippen LogP contribution in [0.25, 0.3) is 0 Å². The average molecular weight is 359 g/mol. The van der Waals surface area contributed by atoms with E-state index in [1.807, 2.05) is 0 Å². The molecule has 0 aromatic carbocycles. The zero-order chi connectivity index (χ0) is 18.6. The first-order valence-electron chi connectivity index (χ1n) is 10.5. The zero-order valence-electron chi connectivity index (χ0n) is 17.2. The van der Waals surface area contributed by atoms with Gasteiger partial charge in [0, 0.05) is 6.42 Å². The molecule has 0 aromatic heterocycles. The van der Waals surface area contributed by atoms with Crippen molar-refractivity contribution in [2.45, 2.75) is 98.3 Å². The summed E-state index contributed by atoms with van der Waals surface area (Å²) in [6.07, 6.45) is 12.8. The third-order valence-corrected chi connectivity index (χ3v) is 3.79. The molecule has 0 saturated carbocycles. The Bertz CT molecular complexity index is 302. The van der Waals surface area contributed by atoms with Gasteiger partial charge in [-0.25, -0.2) is 0 Å². The minimum absolute atomic E-state index is 0.234. The minimum atomic E-state index is 0.234. The highest BCUT2D eigenvalue weighted by molar-refractivity contribution is 4.95. The van der Waals surface area contributed by atoms with Crippen molar-refractivity contribution in [2.24, 2.45) is 0 Å². The largest absolute Gasteiger partial charge is 0.491 e. The van der Waals surface area contributed by atoms with Gasteiger partial charge in [0.05, 0.1) is 19.8 Å². The SMILES string of the molecule is CCCCCCCCCOCO/C(OCCC)=C(/CCC)OCCC. The molecule has 0 heterocycles. The molecule has 0 aliphatic carbocycles. The predicted molar refractivity (Wildman–Crippen MR) is 104 cm³/mol. The Balaban J connectivity index is 4.04. The third kappa shape index (κ3) is 15.1. The number of rotatable bonds is 19. The molecule has 0 aliphatic rings. The van der Waals surface area contributed by atoms with Crippen molar-refractivity contribution in [3.63, 3.8) is 0 Å². The summed E-state index contributed by atoms with van der Waals surface area (Å²) >= 11 is 0. The van der Waals surface area contributed by atoms with E-state index in [0.29, 0.717) is 19.2 Å². The van der Waals surface area contributed by atoms with E-state index < -0.39 is 0 Å². The van der Waals surface area contributed by atoms with E-state index in [1.165, 1.54) is 38.5 Å². The summed E-state index contributed by atoms with van der Waals surface area (Å²) < 4.78 is 22.9. The molecule has 4 nitrogen and oxygen atoms in total. The average Bonchev–Trinajstić information content (AvgIpc) is 2.63. The Kier molecular flexibility index (Phi) is 18.7. The van der Waals surface area contributed by atoms with Crippen molar-refractivity contribution < 1.29 is 18.9 Å². The van der Waals surface area contributed by atoms with Gasteiger partial charge in [-0.05, 0) is 25.7 Å². The summed E-state index contributed by atoms with van der Waals surface area (Å²) in [6.45, 7) is 10.9. The molecule has 0 amide bonds. The van der Waals surface area contributed by atoms with Crippen LogP contribution in [-0.2, 0) is 18.9 Å². The molecule has 0 fully saturated rings. The van der Waals surface area contributed by atoms with Gasteiger partial charge in [-0.15, -0.1) is 0 Å². The van der Waals surface area contributed by atoms with Crippen LogP contribution in [0.15, 0.2) is 11.7 Å². The van der Waals surface area contributed by atoms with Crippen LogP contribution in [0, 0.1) is 0 Å². The van der Waals surface area contributed by atoms with E-state index in [0.717, 1.165) is 44.5 Å². The van der Waals surface area contributed by atoms with E-state index in [-0.39, 0.29) is 6.79 Å². The smallest absolute Gasteiger partial charge is 0.321 e. The molecular weight excluding hydrogens is 316 g/mol. The molecule has 0 atom stereocenters. The second kappa shape index (κ2) is 19.4. The molecule has 0 saturated heterocycles. The third-order valence-electron chi connectivity index (χ3n) is 3.79. The van der Waals surface area contributed by atoms with Gasteiger partial charge in [0.25, 0.3) is 0 Å². The summed E-state index contributed by atoms with van der Waals surface area (Å²) in [7, 11) is 0. The lowest BCUT2D eigenvalue weighted by molar-refractivity contribution is -0.0840. The molecule has 0 bridgehead atoms. The lowest BCUT2D eigenvalue weighted by Gasteiger charge is -2.17. The molecule has 0 aliphatic heterocycles. The molecule has 0 radical (unpaired) electrons. The van der Waals surface area contributed by atoms with E-state index in [1.54, 1.807) is 0 Å². The topological polar surface area (TPSA) is 36.9 Å². The first kappa shape index (κ1) is 24.1. The van der Waals surface area contributed by atoms with Crippen molar-refractivity contribution in [1.29, 1.82) is 0 Å². The standard InChI is InChI=1S/C21H42O4/c1-5-9-10-11-12-13-14-18-22-19-25-21(24-17-8-4)20(15-6-2)23-16-7-3/h5-19H2,1-4H3/b21-20-. The maximum absolute atomic E-state index is 5.81. The number of unbranched alkanes of at least 4 members (excludes halogenated alkanes) is 6. The van der Waals surface area contributed by atoms with Crippen LogP contribution in [0.2, 0.25) is 0 Å². The van der Waals surface area contributed by atoms with E-state index in [4.69, 9.17) is 18.9 Å². The van der Waals surface area contributed by atoms with Crippen LogP contribution < -0.4 is 0 Å². The van der Waals surface area contributed by atoms with Gasteiger partial charge in [-0.3, -0.25) is 0 Å². The predicted octanol–water partition coefficient (Wildman–Crippen LogP) is 6.55. The summed E-state index contributed by atoms with van der Waals surface area (Å²) in [4.78, 5) is 0. The Morgan fingerprint density at radius 2 is 1.20 bits per heavy atom. The molecule has 25 heavy (non-hydrogen) atoms. The first-order chi connectivity index (χ1) is 12.3. The fourth-order valence-corrected chi connectivity index (χ4v) is 2.40. The van der Waals surface area contributed by atoms with E-state index in [2.05, 4.69) is 27.7 Å². The lowest BCUT2D eigenvalue weighted by atomic mass is 10.1. The second-order valence-electron chi connectivity index (χ2n) is 6.45. The highest BCUT2D eigenvalue weighted by Gasteiger charge is 2.11. The van der Waals surface area contributed by atoms with Crippen molar-refractivity contribution in [1.82, 2.24) is 0 Å². The van der Waals surface area contributed by atoms with Crippen LogP contribution >= 0.6 is 0 Å². The molecule has 0 rings (SSSR count). The highest BCUT2D eigenvalue weighted by atomic mass is 16.7. The summed E-state index contributed by atoms with van der Waals surface area (Å²) in [5.41, 5.74) is 0. The molecular formula is C21H42O4. The Labute approximate surface area is 156 Å². The molecule has 4 heteroatoms. The van der Waals surface area contributed by atoms with Gasteiger partial charge < -0.3 is 18.9 Å². The van der Waals surface area contributed by atoms with Crippen LogP contribution in [0.1, 0.15) is 98.3 Å². The Morgan fingerprint density at radius 1 is 0.560 bits per heavy atom. The quantitative estimate of drug-likeness (QED) is 0.149. The summed E-state index contributed by atoms with van der Waals surface area (Å²) in [5, 5.41) is 0. The second-order valence-corrected chi connectivity index (χ2v) is 6.45. The normalized spacial score (nSPS) is 12.0. The maximum atomic E-state index is 5.81. The maximum Gasteiger partial charge on any atom is 0.321 e. The van der Waals surface area contributed by atoms with Crippen molar-refractivity contribution >= 4 is 0 Å². The summed E-state index contributed by atoms with van der Waals surface area (Å²) in [5.74, 6) is 1.33. The molecule has 0 spiro atoms. The number of allylic oxidation sites excluding steroid dienone is 1. The van der Waals surface area contributed by atoms with Crippen LogP contribution in [0.3, 0.4) is 0 Å². The fraction of sp³-hybridized carbons (Fsp3) is 0.905. The van der Waals surface area contributed by atoms with Gasteiger partial charge in [-0.1, -0.05) is 66.2 Å². The summed E-state index contributed by atoms with van der Waals surface area (Å²) in [6, 6.07) is 0. The minimum Gasteiger partial charge on any atom is -0.491 e. The van der Waals surface area contributed by atoms with Gasteiger partial charge in [0.1, 0.15) is 0 Å². The molecule has 0 unspecified atom stereocenters. The fourth-order valence-electron chi connectivity index (χ4n) is 2.40. The van der Waals surface area contributed by atoms with Crippen molar-refractivity contribution in [3.8, 4) is 0 Å². The monoisotopic (exact) mass is 358 g/mol. The van der Waals surface area contributed by atoms with E-state index in [9.17, 15) is 0 Å². The van der Waals surface area contributed by atoms with Gasteiger partial charge in [-0.2, -0.15) is 0 Å². The van der Waals surface area contributed by atoms with Crippen LogP contribution in [-0.4, -0.2) is 26.6 Å². The van der Waals surface area contributed by atoms with Gasteiger partial charge in [0.2, 0.25) is 0 Å². The van der Waals surface area contributed by atoms with E-state index >= 15 is 0 Å². The lowest BCUT2D eigenvalue weighted by Crippen LogP contribution is -2.10. The Morgan fingerprint density at radius 3 is 1.84 bits per heavy atom. The molecule has 0 aromatic rings. The zero-order valence-corrected chi connectivity index (χ0v) is 17.2. The van der Waals surface area contributed by atoms with Crippen molar-refractivity contribution in [3.05, 3.63) is 11.7 Å². The Hall–Kier alpha value is -0.900. The van der Waals surface area contributed by atoms with Gasteiger partial charge >= 0.3 is 5.95 Å².